The minimum absolute atomic E-state index is 0.0172. The topological polar surface area (TPSA) is 135 Å². The highest BCUT2D eigenvalue weighted by Gasteiger charge is 2.42. The molecule has 1 heterocycles. The molecule has 0 radical (unpaired) electrons. The smallest absolute Gasteiger partial charge is 0.408 e. The summed E-state index contributed by atoms with van der Waals surface area (Å²) < 4.78 is 16.8. The third kappa shape index (κ3) is 9.61. The molecule has 1 aliphatic heterocycles. The maximum absolute atomic E-state index is 13.8. The number of likely N-dealkylation sites (N-methyl/N-ethyl adjacent to an activating group) is 1. The molecule has 0 aromatic heterocycles. The Bertz CT molecular complexity index is 859. The molecular weight excluding hydrogens is 518 g/mol. The second-order valence-electron chi connectivity index (χ2n) is 12.3. The monoisotopic (exact) mass is 571 g/mol. The zero-order chi connectivity index (χ0) is 30.9. The van der Waals surface area contributed by atoms with Crippen molar-refractivity contribution < 1.29 is 38.5 Å². The van der Waals surface area contributed by atoms with Gasteiger partial charge in [-0.15, -0.1) is 0 Å². The Kier molecular flexibility index (Phi) is 13.9. The van der Waals surface area contributed by atoms with Gasteiger partial charge in [-0.25, -0.2) is 4.79 Å². The van der Waals surface area contributed by atoms with Gasteiger partial charge in [-0.2, -0.15) is 0 Å². The van der Waals surface area contributed by atoms with E-state index in [9.17, 15) is 24.3 Å². The van der Waals surface area contributed by atoms with Crippen LogP contribution >= 0.6 is 0 Å². The molecule has 0 aromatic rings. The average Bonchev–Trinajstić information content (AvgIpc) is 3.34. The van der Waals surface area contributed by atoms with Crippen molar-refractivity contribution >= 4 is 23.9 Å². The molecule has 3 amide bonds. The highest BCUT2D eigenvalue weighted by molar-refractivity contribution is 5.86. The van der Waals surface area contributed by atoms with Crippen molar-refractivity contribution in [2.75, 3.05) is 27.8 Å². The third-order valence-corrected chi connectivity index (χ3v) is 7.84. The number of aliphatic carboxylic acids is 1. The van der Waals surface area contributed by atoms with Crippen LogP contribution in [0.1, 0.15) is 81.1 Å². The van der Waals surface area contributed by atoms with Crippen molar-refractivity contribution in [3.05, 3.63) is 0 Å². The van der Waals surface area contributed by atoms with Gasteiger partial charge in [0.25, 0.3) is 0 Å². The van der Waals surface area contributed by atoms with E-state index >= 15 is 0 Å². The molecule has 0 aliphatic carbocycles. The van der Waals surface area contributed by atoms with Crippen LogP contribution in [0.4, 0.5) is 4.79 Å². The molecular formula is C29H53N3O8. The number of alkyl carbamates (subject to hydrolysis) is 1. The number of carboxylic acid groups (broad SMARTS) is 1. The molecule has 7 atom stereocenters. The van der Waals surface area contributed by atoms with Crippen LogP contribution in [0, 0.1) is 17.8 Å². The lowest BCUT2D eigenvalue weighted by Crippen LogP contribution is -2.58. The van der Waals surface area contributed by atoms with Crippen LogP contribution < -0.4 is 5.32 Å². The molecule has 0 bridgehead atoms. The van der Waals surface area contributed by atoms with E-state index in [1.54, 1.807) is 44.5 Å². The van der Waals surface area contributed by atoms with Crippen molar-refractivity contribution in [2.45, 2.75) is 117 Å². The van der Waals surface area contributed by atoms with Gasteiger partial charge in [0, 0.05) is 27.8 Å². The summed E-state index contributed by atoms with van der Waals surface area (Å²) in [7, 11) is 4.67. The quantitative estimate of drug-likeness (QED) is 0.323. The Labute approximate surface area is 240 Å². The van der Waals surface area contributed by atoms with E-state index in [4.69, 9.17) is 14.2 Å². The van der Waals surface area contributed by atoms with Crippen LogP contribution in [-0.4, -0.2) is 103 Å². The van der Waals surface area contributed by atoms with E-state index in [2.05, 4.69) is 5.32 Å². The van der Waals surface area contributed by atoms with Gasteiger partial charge >= 0.3 is 12.1 Å². The van der Waals surface area contributed by atoms with Gasteiger partial charge in [-0.3, -0.25) is 14.4 Å². The van der Waals surface area contributed by atoms with E-state index in [0.29, 0.717) is 13.0 Å². The number of amides is 3. The second kappa shape index (κ2) is 15.6. The minimum Gasteiger partial charge on any atom is -0.481 e. The van der Waals surface area contributed by atoms with Gasteiger partial charge in [-0.1, -0.05) is 34.1 Å². The van der Waals surface area contributed by atoms with Crippen LogP contribution in [0.5, 0.6) is 0 Å². The Hall–Kier alpha value is -2.40. The van der Waals surface area contributed by atoms with Crippen molar-refractivity contribution in [2.24, 2.45) is 17.8 Å². The average molecular weight is 572 g/mol. The van der Waals surface area contributed by atoms with E-state index < -0.39 is 47.9 Å². The van der Waals surface area contributed by atoms with Crippen LogP contribution in [0.2, 0.25) is 0 Å². The van der Waals surface area contributed by atoms with Crippen molar-refractivity contribution in [1.82, 2.24) is 15.1 Å². The first-order chi connectivity index (χ1) is 18.5. The molecule has 1 rings (SSSR count). The lowest BCUT2D eigenvalue weighted by atomic mass is 9.89. The standard InChI is InChI=1S/C29H53N3O8/c1-12-18(4)24(31(9)26(34)23(17(2)3)30-28(37)40-29(6,7)8)21(38-10)16-22(33)32-15-13-14-20(32)25(39-11)19(5)27(35)36/h17-21,23-25H,12-16H2,1-11H3,(H,30,37)(H,35,36)/t18-,19+,20-,21+,23+,24-,25+/m0/s1. The van der Waals surface area contributed by atoms with Gasteiger partial charge in [0.2, 0.25) is 11.8 Å². The number of carbonyl (C=O) groups is 4. The molecule has 11 heteroatoms. The number of nitrogens with one attached hydrogen (secondary N) is 1. The van der Waals surface area contributed by atoms with E-state index in [1.807, 2.05) is 27.7 Å². The molecule has 0 spiro atoms. The Morgan fingerprint density at radius 2 is 1.68 bits per heavy atom. The fraction of sp³-hybridized carbons (Fsp3) is 0.862. The summed E-state index contributed by atoms with van der Waals surface area (Å²) >= 11 is 0. The Balaban J connectivity index is 3.20. The fourth-order valence-electron chi connectivity index (χ4n) is 5.46. The van der Waals surface area contributed by atoms with Gasteiger partial charge in [0.15, 0.2) is 0 Å². The van der Waals surface area contributed by atoms with Crippen molar-refractivity contribution in [1.29, 1.82) is 0 Å². The Morgan fingerprint density at radius 3 is 2.12 bits per heavy atom. The Morgan fingerprint density at radius 1 is 1.07 bits per heavy atom. The van der Waals surface area contributed by atoms with Gasteiger partial charge < -0.3 is 34.4 Å². The van der Waals surface area contributed by atoms with E-state index in [-0.39, 0.29) is 36.1 Å². The summed E-state index contributed by atoms with van der Waals surface area (Å²) in [4.78, 5) is 54.9. The summed E-state index contributed by atoms with van der Waals surface area (Å²) in [6.45, 7) is 15.1. The first-order valence-corrected chi connectivity index (χ1v) is 14.3. The number of hydrogen-bond acceptors (Lipinski definition) is 7. The number of carboxylic acids is 1. The molecule has 2 N–H and O–H groups in total. The minimum atomic E-state index is -0.974. The van der Waals surface area contributed by atoms with Gasteiger partial charge in [-0.05, 0) is 52.4 Å². The molecule has 1 fully saturated rings. The lowest BCUT2D eigenvalue weighted by molar-refractivity contribution is -0.152. The van der Waals surface area contributed by atoms with Crippen LogP contribution in [0.15, 0.2) is 0 Å². The number of hydrogen-bond donors (Lipinski definition) is 2. The summed E-state index contributed by atoms with van der Waals surface area (Å²) in [5.41, 5.74) is -0.709. The summed E-state index contributed by atoms with van der Waals surface area (Å²) in [6.07, 6.45) is 0.226. The third-order valence-electron chi connectivity index (χ3n) is 7.84. The van der Waals surface area contributed by atoms with Crippen molar-refractivity contribution in [3.8, 4) is 0 Å². The van der Waals surface area contributed by atoms with Crippen LogP contribution in [-0.2, 0) is 28.6 Å². The predicted molar refractivity (Wildman–Crippen MR) is 152 cm³/mol. The number of nitrogens with zero attached hydrogens (tertiary/aromatic N) is 2. The molecule has 11 nitrogen and oxygen atoms in total. The maximum Gasteiger partial charge on any atom is 0.408 e. The molecule has 0 saturated carbocycles. The summed E-state index contributed by atoms with van der Waals surface area (Å²) in [6, 6.07) is -1.64. The molecule has 40 heavy (non-hydrogen) atoms. The van der Waals surface area contributed by atoms with Crippen molar-refractivity contribution in [3.63, 3.8) is 0 Å². The van der Waals surface area contributed by atoms with Gasteiger partial charge in [0.1, 0.15) is 11.6 Å². The van der Waals surface area contributed by atoms with Crippen LogP contribution in [0.25, 0.3) is 0 Å². The highest BCUT2D eigenvalue weighted by atomic mass is 16.6. The number of likely N-dealkylation sites (tertiary alicyclic amines) is 1. The number of carbonyl (C=O) groups excluding carboxylic acids is 3. The molecule has 1 aliphatic rings. The molecule has 232 valence electrons. The zero-order valence-electron chi connectivity index (χ0n) is 26.4. The predicted octanol–water partition coefficient (Wildman–Crippen LogP) is 3.54. The number of methoxy groups -OCH3 is 2. The first kappa shape index (κ1) is 35.6. The largest absolute Gasteiger partial charge is 0.481 e. The second-order valence-corrected chi connectivity index (χ2v) is 12.3. The fourth-order valence-corrected chi connectivity index (χ4v) is 5.46. The van der Waals surface area contributed by atoms with Gasteiger partial charge in [0.05, 0.1) is 36.6 Å². The first-order valence-electron chi connectivity index (χ1n) is 14.3. The van der Waals surface area contributed by atoms with Crippen LogP contribution in [0.3, 0.4) is 0 Å². The molecule has 0 aromatic carbocycles. The summed E-state index contributed by atoms with van der Waals surface area (Å²) in [5, 5.41) is 12.3. The number of rotatable bonds is 14. The van der Waals surface area contributed by atoms with E-state index in [0.717, 1.165) is 12.8 Å². The lowest BCUT2D eigenvalue weighted by Gasteiger charge is -2.40. The SMILES string of the molecule is CC[C@H](C)[C@@H]([C@@H](CC(=O)N1CCC[C@H]1[C@H](OC)[C@@H](C)C(=O)O)OC)N(C)C(=O)[C@H](NC(=O)OC(C)(C)C)C(C)C. The summed E-state index contributed by atoms with van der Waals surface area (Å²) in [5.74, 6) is -2.45. The maximum atomic E-state index is 13.8. The number of ether oxygens (including phenoxy) is 3. The normalized spacial score (nSPS) is 20.3. The molecule has 1 saturated heterocycles. The molecule has 0 unspecified atom stereocenters. The zero-order valence-corrected chi connectivity index (χ0v) is 26.4. The van der Waals surface area contributed by atoms with E-state index in [1.165, 1.54) is 14.2 Å². The highest BCUT2D eigenvalue weighted by Crippen LogP contribution is 2.29.